The predicted octanol–water partition coefficient (Wildman–Crippen LogP) is 3.83. The van der Waals surface area contributed by atoms with Gasteiger partial charge in [-0.25, -0.2) is 4.79 Å². The first-order chi connectivity index (χ1) is 16.7. The molecule has 0 saturated heterocycles. The highest BCUT2D eigenvalue weighted by Gasteiger charge is 2.33. The maximum Gasteiger partial charge on any atom is 0.341 e. The Labute approximate surface area is 200 Å². The summed E-state index contributed by atoms with van der Waals surface area (Å²) in [6, 6.07) is 5.14. The number of nitro benzene ring substituents is 1. The van der Waals surface area contributed by atoms with Gasteiger partial charge in [0.25, 0.3) is 5.69 Å². The summed E-state index contributed by atoms with van der Waals surface area (Å²) >= 11 is 0. The van der Waals surface area contributed by atoms with Gasteiger partial charge in [0.1, 0.15) is 11.3 Å². The zero-order valence-corrected chi connectivity index (χ0v) is 19.7. The monoisotopic (exact) mass is 479 g/mol. The molecule has 10 heteroatoms. The molecule has 0 unspecified atom stereocenters. The summed E-state index contributed by atoms with van der Waals surface area (Å²) in [7, 11) is 3.14. The van der Waals surface area contributed by atoms with E-state index in [1.54, 1.807) is 21.1 Å². The molecule has 0 spiro atoms. The van der Waals surface area contributed by atoms with Gasteiger partial charge in [0.05, 0.1) is 30.0 Å². The smallest absolute Gasteiger partial charge is 0.341 e. The van der Waals surface area contributed by atoms with Crippen LogP contribution in [0.3, 0.4) is 0 Å². The van der Waals surface area contributed by atoms with Crippen LogP contribution in [0, 0.1) is 17.0 Å². The third kappa shape index (κ3) is 3.65. The summed E-state index contributed by atoms with van der Waals surface area (Å²) < 4.78 is 12.7. The molecule has 10 nitrogen and oxygen atoms in total. The molecule has 3 aromatic rings. The fourth-order valence-electron chi connectivity index (χ4n) is 5.10. The number of anilines is 1. The highest BCUT2D eigenvalue weighted by atomic mass is 16.6. The number of hydrogen-bond donors (Lipinski definition) is 1. The second-order valence-electron chi connectivity index (χ2n) is 8.99. The van der Waals surface area contributed by atoms with Crippen molar-refractivity contribution in [3.05, 3.63) is 67.0 Å². The van der Waals surface area contributed by atoms with Crippen LogP contribution in [0.15, 0.2) is 29.2 Å². The highest BCUT2D eigenvalue weighted by Crippen LogP contribution is 2.43. The van der Waals surface area contributed by atoms with Crippen molar-refractivity contribution < 1.29 is 24.3 Å². The Balaban J connectivity index is 1.72. The number of pyridine rings is 1. The van der Waals surface area contributed by atoms with Crippen molar-refractivity contribution in [2.75, 3.05) is 25.7 Å². The minimum atomic E-state index is -1.34. The van der Waals surface area contributed by atoms with Gasteiger partial charge in [-0.15, -0.1) is 0 Å². The summed E-state index contributed by atoms with van der Waals surface area (Å²) in [4.78, 5) is 38.4. The molecule has 35 heavy (non-hydrogen) atoms. The lowest BCUT2D eigenvalue weighted by atomic mass is 9.96. The molecule has 1 aliphatic heterocycles. The number of nitrogens with zero attached hydrogens (tertiary/aromatic N) is 3. The first kappa shape index (κ1) is 22.7. The normalized spacial score (nSPS) is 15.1. The number of nitro groups is 1. The Hall–Kier alpha value is -4.08. The predicted molar refractivity (Wildman–Crippen MR) is 129 cm³/mol. The Morgan fingerprint density at radius 2 is 1.80 bits per heavy atom. The SMILES string of the molecule is COc1cc2c(cc1OC)CN(c1c([N+](=O)[O-])cc3c(=O)c(C(=O)O)cn(C4CC4)c3c1C)CC2. The number of aryl methyl sites for hydroxylation is 1. The number of benzene rings is 2. The molecule has 1 aliphatic carbocycles. The van der Waals surface area contributed by atoms with Gasteiger partial charge in [0, 0.05) is 37.0 Å². The molecule has 1 N–H and O–H groups in total. The number of ether oxygens (including phenoxy) is 2. The van der Waals surface area contributed by atoms with E-state index in [9.17, 15) is 24.8 Å². The summed E-state index contributed by atoms with van der Waals surface area (Å²) in [6.45, 7) is 2.73. The maximum atomic E-state index is 13.0. The van der Waals surface area contributed by atoms with Crippen molar-refractivity contribution in [3.63, 3.8) is 0 Å². The van der Waals surface area contributed by atoms with E-state index < -0.39 is 16.3 Å². The van der Waals surface area contributed by atoms with Crippen LogP contribution in [0.2, 0.25) is 0 Å². The molecule has 1 fully saturated rings. The third-order valence-electron chi connectivity index (χ3n) is 6.91. The second kappa shape index (κ2) is 8.30. The van der Waals surface area contributed by atoms with Gasteiger partial charge in [-0.2, -0.15) is 0 Å². The molecular formula is C25H25N3O7. The standard InChI is InChI=1S/C25H25N3O7/c1-13-22-17(24(29)18(25(30)31)12-27(22)16-4-5-16)10-19(28(32)33)23(13)26-7-6-14-8-20(34-2)21(35-3)9-15(14)11-26/h8-10,12,16H,4-7,11H2,1-3H3,(H,30,31). The summed E-state index contributed by atoms with van der Waals surface area (Å²) in [5, 5.41) is 21.8. The zero-order valence-electron chi connectivity index (χ0n) is 19.7. The summed E-state index contributed by atoms with van der Waals surface area (Å²) in [5.41, 5.74) is 2.37. The molecule has 0 amide bonds. The Bertz CT molecular complexity index is 1460. The maximum absolute atomic E-state index is 13.0. The number of carboxylic acid groups (broad SMARTS) is 1. The summed E-state index contributed by atoms with van der Waals surface area (Å²) in [6.07, 6.45) is 3.76. The van der Waals surface area contributed by atoms with Crippen LogP contribution >= 0.6 is 0 Å². The molecule has 1 saturated carbocycles. The molecule has 2 aliphatic rings. The van der Waals surface area contributed by atoms with Crippen LogP contribution in [-0.4, -0.2) is 41.3 Å². The van der Waals surface area contributed by atoms with Crippen molar-refractivity contribution in [2.24, 2.45) is 0 Å². The van der Waals surface area contributed by atoms with Gasteiger partial charge < -0.3 is 24.0 Å². The fourth-order valence-corrected chi connectivity index (χ4v) is 5.10. The van der Waals surface area contributed by atoms with E-state index >= 15 is 0 Å². The molecule has 2 aromatic carbocycles. The van der Waals surface area contributed by atoms with Gasteiger partial charge in [-0.1, -0.05) is 0 Å². The molecule has 0 radical (unpaired) electrons. The molecule has 0 bridgehead atoms. The third-order valence-corrected chi connectivity index (χ3v) is 6.91. The van der Waals surface area contributed by atoms with Crippen LogP contribution in [0.4, 0.5) is 11.4 Å². The van der Waals surface area contributed by atoms with E-state index in [-0.39, 0.29) is 22.7 Å². The van der Waals surface area contributed by atoms with Crippen LogP contribution in [0.1, 0.15) is 45.9 Å². The summed E-state index contributed by atoms with van der Waals surface area (Å²) in [5.74, 6) is -0.121. The second-order valence-corrected chi connectivity index (χ2v) is 8.99. The molecule has 182 valence electrons. The van der Waals surface area contributed by atoms with Crippen LogP contribution in [0.25, 0.3) is 10.9 Å². The lowest BCUT2D eigenvalue weighted by molar-refractivity contribution is -0.384. The van der Waals surface area contributed by atoms with Crippen LogP contribution in [0.5, 0.6) is 11.5 Å². The average molecular weight is 479 g/mol. The number of fused-ring (bicyclic) bond motifs is 2. The van der Waals surface area contributed by atoms with Crippen molar-refractivity contribution in [2.45, 2.75) is 38.8 Å². The van der Waals surface area contributed by atoms with Gasteiger partial charge in [0.2, 0.25) is 5.43 Å². The number of hydrogen-bond acceptors (Lipinski definition) is 7. The van der Waals surface area contributed by atoms with E-state index in [1.807, 2.05) is 21.6 Å². The average Bonchev–Trinajstić information content (AvgIpc) is 3.68. The molecule has 1 aromatic heterocycles. The Kier molecular flexibility index (Phi) is 5.38. The fraction of sp³-hybridized carbons (Fsp3) is 0.360. The number of aromatic carboxylic acids is 1. The van der Waals surface area contributed by atoms with Gasteiger partial charge in [0.15, 0.2) is 11.5 Å². The number of carbonyl (C=O) groups is 1. The van der Waals surface area contributed by atoms with Crippen molar-refractivity contribution >= 4 is 28.2 Å². The number of methoxy groups -OCH3 is 2. The van der Waals surface area contributed by atoms with Crippen molar-refractivity contribution in [1.82, 2.24) is 4.57 Å². The lowest BCUT2D eigenvalue weighted by Gasteiger charge is -2.32. The first-order valence-corrected chi connectivity index (χ1v) is 11.3. The van der Waals surface area contributed by atoms with E-state index in [1.165, 1.54) is 12.3 Å². The van der Waals surface area contributed by atoms with E-state index in [4.69, 9.17) is 9.47 Å². The largest absolute Gasteiger partial charge is 0.493 e. The highest BCUT2D eigenvalue weighted by molar-refractivity contribution is 5.97. The molecular weight excluding hydrogens is 454 g/mol. The topological polar surface area (TPSA) is 124 Å². The number of carboxylic acids is 1. The van der Waals surface area contributed by atoms with Crippen LogP contribution < -0.4 is 19.8 Å². The quantitative estimate of drug-likeness (QED) is 0.418. The minimum absolute atomic E-state index is 0.0635. The minimum Gasteiger partial charge on any atom is -0.493 e. The molecule has 2 heterocycles. The van der Waals surface area contributed by atoms with Crippen molar-refractivity contribution in [1.29, 1.82) is 0 Å². The van der Waals surface area contributed by atoms with E-state index in [0.717, 1.165) is 24.0 Å². The molecule has 0 atom stereocenters. The lowest BCUT2D eigenvalue weighted by Crippen LogP contribution is -2.32. The first-order valence-electron chi connectivity index (χ1n) is 11.3. The molecule has 5 rings (SSSR count). The van der Waals surface area contributed by atoms with Gasteiger partial charge in [-0.05, 0) is 49.4 Å². The van der Waals surface area contributed by atoms with E-state index in [2.05, 4.69) is 0 Å². The van der Waals surface area contributed by atoms with Crippen molar-refractivity contribution in [3.8, 4) is 11.5 Å². The Morgan fingerprint density at radius 3 is 2.37 bits per heavy atom. The Morgan fingerprint density at radius 1 is 1.14 bits per heavy atom. The van der Waals surface area contributed by atoms with Crippen LogP contribution in [-0.2, 0) is 13.0 Å². The van der Waals surface area contributed by atoms with Gasteiger partial charge in [-0.3, -0.25) is 14.9 Å². The van der Waals surface area contributed by atoms with E-state index in [0.29, 0.717) is 47.8 Å². The number of rotatable bonds is 6. The van der Waals surface area contributed by atoms with Gasteiger partial charge >= 0.3 is 5.97 Å². The number of aromatic nitrogens is 1. The zero-order chi connectivity index (χ0) is 25.0.